The summed E-state index contributed by atoms with van der Waals surface area (Å²) in [5.74, 6) is -0.234. The molecule has 0 aliphatic rings. The summed E-state index contributed by atoms with van der Waals surface area (Å²) >= 11 is 0. The fraction of sp³-hybridized carbons (Fsp3) is 0.700. The molecule has 0 saturated heterocycles. The first kappa shape index (κ1) is 14.6. The van der Waals surface area contributed by atoms with Gasteiger partial charge in [-0.25, -0.2) is 0 Å². The van der Waals surface area contributed by atoms with Gasteiger partial charge in [0.25, 0.3) is 0 Å². The summed E-state index contributed by atoms with van der Waals surface area (Å²) in [6.07, 6.45) is 3.00. The van der Waals surface area contributed by atoms with Crippen molar-refractivity contribution in [2.24, 2.45) is 0 Å². The number of carbonyl (C=O) groups excluding carboxylic acids is 1. The molecule has 0 rings (SSSR count). The van der Waals surface area contributed by atoms with Crippen molar-refractivity contribution >= 4 is 13.4 Å². The lowest BCUT2D eigenvalue weighted by atomic mass is 10.3. The van der Waals surface area contributed by atoms with Crippen LogP contribution in [0.1, 0.15) is 27.7 Å². The molecule has 0 radical (unpaired) electrons. The summed E-state index contributed by atoms with van der Waals surface area (Å²) < 4.78 is 22.3. The lowest BCUT2D eigenvalue weighted by molar-refractivity contribution is -0.114. The van der Waals surface area contributed by atoms with E-state index in [0.717, 1.165) is 0 Å². The Balaban J connectivity index is 4.75. The molecule has 0 bridgehead atoms. The van der Waals surface area contributed by atoms with Gasteiger partial charge in [0.15, 0.2) is 5.78 Å². The Morgan fingerprint density at radius 2 is 1.80 bits per heavy atom. The average molecular weight is 234 g/mol. The molecule has 0 amide bonds. The maximum absolute atomic E-state index is 12.1. The van der Waals surface area contributed by atoms with Crippen LogP contribution in [0, 0.1) is 0 Å². The fourth-order valence-corrected chi connectivity index (χ4v) is 2.72. The molecule has 0 N–H and O–H groups in total. The van der Waals surface area contributed by atoms with Crippen molar-refractivity contribution in [2.75, 3.05) is 13.2 Å². The minimum Gasteiger partial charge on any atom is -0.308 e. The van der Waals surface area contributed by atoms with Crippen LogP contribution >= 0.6 is 7.60 Å². The Morgan fingerprint density at radius 1 is 1.33 bits per heavy atom. The third-order valence-electron chi connectivity index (χ3n) is 1.84. The van der Waals surface area contributed by atoms with Gasteiger partial charge < -0.3 is 9.05 Å². The van der Waals surface area contributed by atoms with Gasteiger partial charge in [-0.05, 0) is 33.8 Å². The lowest BCUT2D eigenvalue weighted by Crippen LogP contribution is -2.18. The molecule has 0 aromatic carbocycles. The van der Waals surface area contributed by atoms with Crippen LogP contribution < -0.4 is 0 Å². The molecule has 0 aromatic rings. The minimum atomic E-state index is -3.30. The second kappa shape index (κ2) is 6.94. The molecular weight excluding hydrogens is 215 g/mol. The summed E-state index contributed by atoms with van der Waals surface area (Å²) in [6.45, 7) is 7.28. The van der Waals surface area contributed by atoms with Crippen molar-refractivity contribution < 1.29 is 18.4 Å². The van der Waals surface area contributed by atoms with Gasteiger partial charge in [-0.15, -0.1) is 0 Å². The van der Waals surface area contributed by atoms with E-state index in [1.165, 1.54) is 6.08 Å². The SMILES string of the molecule is C/C=C/C(=O)C(C)P(=O)(OCC)OCC. The number of allylic oxidation sites excluding steroid dienone is 2. The molecule has 5 heteroatoms. The Bertz CT molecular complexity index is 263. The topological polar surface area (TPSA) is 52.6 Å². The highest BCUT2D eigenvalue weighted by molar-refractivity contribution is 7.55. The van der Waals surface area contributed by atoms with Gasteiger partial charge in [0.05, 0.1) is 13.2 Å². The van der Waals surface area contributed by atoms with Crippen molar-refractivity contribution in [1.82, 2.24) is 0 Å². The zero-order valence-corrected chi connectivity index (χ0v) is 10.6. The molecular formula is C10H19O4P. The Kier molecular flexibility index (Phi) is 6.73. The Labute approximate surface area is 91.2 Å². The first-order valence-corrected chi connectivity index (χ1v) is 6.68. The number of hydrogen-bond donors (Lipinski definition) is 0. The van der Waals surface area contributed by atoms with E-state index in [1.807, 2.05) is 0 Å². The third kappa shape index (κ3) is 4.29. The monoisotopic (exact) mass is 234 g/mol. The first-order valence-electron chi connectivity index (χ1n) is 5.07. The summed E-state index contributed by atoms with van der Waals surface area (Å²) in [5, 5.41) is 0. The largest absolute Gasteiger partial charge is 0.341 e. The van der Waals surface area contributed by atoms with Gasteiger partial charge in [-0.1, -0.05) is 6.08 Å². The van der Waals surface area contributed by atoms with Crippen molar-refractivity contribution in [3.8, 4) is 0 Å². The highest BCUT2D eigenvalue weighted by atomic mass is 31.2. The number of ketones is 1. The van der Waals surface area contributed by atoms with Gasteiger partial charge in [0.1, 0.15) is 5.66 Å². The van der Waals surface area contributed by atoms with Crippen LogP contribution in [-0.4, -0.2) is 24.7 Å². The Hall–Kier alpha value is -0.440. The van der Waals surface area contributed by atoms with Crippen molar-refractivity contribution in [1.29, 1.82) is 0 Å². The van der Waals surface area contributed by atoms with E-state index in [4.69, 9.17) is 9.05 Å². The van der Waals surface area contributed by atoms with E-state index in [1.54, 1.807) is 33.8 Å². The molecule has 0 spiro atoms. The summed E-state index contributed by atoms with van der Waals surface area (Å²) in [5.41, 5.74) is -0.742. The van der Waals surface area contributed by atoms with Crippen molar-refractivity contribution in [3.63, 3.8) is 0 Å². The summed E-state index contributed by atoms with van der Waals surface area (Å²) in [4.78, 5) is 11.5. The molecule has 1 atom stereocenters. The second-order valence-electron chi connectivity index (χ2n) is 2.95. The van der Waals surface area contributed by atoms with Crippen molar-refractivity contribution in [3.05, 3.63) is 12.2 Å². The predicted molar refractivity (Wildman–Crippen MR) is 60.1 cm³/mol. The predicted octanol–water partition coefficient (Wildman–Crippen LogP) is 2.79. The van der Waals surface area contributed by atoms with Crippen LogP contribution in [0.3, 0.4) is 0 Å². The number of rotatable bonds is 7. The van der Waals surface area contributed by atoms with Crippen LogP contribution in [-0.2, 0) is 18.4 Å². The molecule has 4 nitrogen and oxygen atoms in total. The van der Waals surface area contributed by atoms with E-state index < -0.39 is 13.3 Å². The lowest BCUT2D eigenvalue weighted by Gasteiger charge is -2.21. The molecule has 0 aromatic heterocycles. The Morgan fingerprint density at radius 3 is 2.13 bits per heavy atom. The van der Waals surface area contributed by atoms with E-state index in [-0.39, 0.29) is 19.0 Å². The quantitative estimate of drug-likeness (QED) is 0.502. The standard InChI is InChI=1S/C10H19O4P/c1-5-8-10(11)9(4)15(12,13-6-2)14-7-3/h5,8-9H,6-7H2,1-4H3/b8-5+. The molecule has 0 aliphatic heterocycles. The smallest absolute Gasteiger partial charge is 0.308 e. The van der Waals surface area contributed by atoms with Gasteiger partial charge in [0, 0.05) is 0 Å². The molecule has 1 unspecified atom stereocenters. The average Bonchev–Trinajstić information content (AvgIpc) is 2.17. The summed E-state index contributed by atoms with van der Waals surface area (Å²) in [7, 11) is -3.30. The zero-order valence-electron chi connectivity index (χ0n) is 9.73. The third-order valence-corrected chi connectivity index (χ3v) is 4.27. The van der Waals surface area contributed by atoms with Crippen LogP contribution in [0.25, 0.3) is 0 Å². The fourth-order valence-electron chi connectivity index (χ4n) is 1.08. The van der Waals surface area contributed by atoms with Crippen LogP contribution in [0.4, 0.5) is 0 Å². The van der Waals surface area contributed by atoms with E-state index in [2.05, 4.69) is 0 Å². The van der Waals surface area contributed by atoms with E-state index in [9.17, 15) is 9.36 Å². The maximum atomic E-state index is 12.1. The van der Waals surface area contributed by atoms with Gasteiger partial charge in [-0.3, -0.25) is 9.36 Å². The van der Waals surface area contributed by atoms with Gasteiger partial charge >= 0.3 is 7.60 Å². The molecule has 0 aliphatic carbocycles. The number of carbonyl (C=O) groups is 1. The first-order chi connectivity index (χ1) is 7.01. The van der Waals surface area contributed by atoms with Crippen LogP contribution in [0.15, 0.2) is 12.2 Å². The number of hydrogen-bond acceptors (Lipinski definition) is 4. The van der Waals surface area contributed by atoms with Crippen LogP contribution in [0.2, 0.25) is 0 Å². The maximum Gasteiger partial charge on any atom is 0.341 e. The molecule has 0 heterocycles. The normalized spacial score (nSPS) is 14.4. The van der Waals surface area contributed by atoms with E-state index >= 15 is 0 Å². The second-order valence-corrected chi connectivity index (χ2v) is 5.32. The van der Waals surface area contributed by atoms with Crippen molar-refractivity contribution in [2.45, 2.75) is 33.4 Å². The molecule has 0 fully saturated rings. The molecule has 88 valence electrons. The minimum absolute atomic E-state index is 0.234. The highest BCUT2D eigenvalue weighted by Gasteiger charge is 2.35. The van der Waals surface area contributed by atoms with Gasteiger partial charge in [0.2, 0.25) is 0 Å². The highest BCUT2D eigenvalue weighted by Crippen LogP contribution is 2.53. The summed E-state index contributed by atoms with van der Waals surface area (Å²) in [6, 6.07) is 0. The molecule has 0 saturated carbocycles. The molecule has 15 heavy (non-hydrogen) atoms. The zero-order chi connectivity index (χ0) is 11.9. The van der Waals surface area contributed by atoms with Gasteiger partial charge in [-0.2, -0.15) is 0 Å². The van der Waals surface area contributed by atoms with Crippen LogP contribution in [0.5, 0.6) is 0 Å². The van der Waals surface area contributed by atoms with E-state index in [0.29, 0.717) is 0 Å².